The summed E-state index contributed by atoms with van der Waals surface area (Å²) in [7, 11) is 3.25. The Morgan fingerprint density at radius 3 is 2.47 bits per heavy atom. The molecule has 0 amide bonds. The summed E-state index contributed by atoms with van der Waals surface area (Å²) < 4.78 is 12.4. The SMILES string of the molecule is COc1ccc(CCn2c(C)nnc2Cl)cc1OC. The molecule has 0 aliphatic heterocycles. The topological polar surface area (TPSA) is 49.2 Å². The summed E-state index contributed by atoms with van der Waals surface area (Å²) >= 11 is 5.96. The van der Waals surface area contributed by atoms with Crippen molar-refractivity contribution in [2.45, 2.75) is 19.9 Å². The zero-order chi connectivity index (χ0) is 13.8. The molecule has 0 saturated carbocycles. The van der Waals surface area contributed by atoms with Gasteiger partial charge in [-0.3, -0.25) is 0 Å². The number of halogens is 1. The van der Waals surface area contributed by atoms with Crippen molar-refractivity contribution in [2.75, 3.05) is 14.2 Å². The Kier molecular flexibility index (Phi) is 4.27. The molecule has 1 aromatic heterocycles. The first-order chi connectivity index (χ1) is 9.15. The van der Waals surface area contributed by atoms with Crippen molar-refractivity contribution in [1.82, 2.24) is 14.8 Å². The molecule has 0 saturated heterocycles. The van der Waals surface area contributed by atoms with Crippen molar-refractivity contribution in [3.8, 4) is 11.5 Å². The molecule has 0 radical (unpaired) electrons. The van der Waals surface area contributed by atoms with Crippen molar-refractivity contribution in [3.05, 3.63) is 34.9 Å². The predicted molar refractivity (Wildman–Crippen MR) is 73.0 cm³/mol. The average molecular weight is 282 g/mol. The number of ether oxygens (including phenoxy) is 2. The Bertz CT molecular complexity index is 550. The van der Waals surface area contributed by atoms with E-state index in [4.69, 9.17) is 21.1 Å². The Balaban J connectivity index is 2.12. The van der Waals surface area contributed by atoms with Crippen molar-refractivity contribution >= 4 is 11.6 Å². The van der Waals surface area contributed by atoms with Gasteiger partial charge >= 0.3 is 0 Å². The highest BCUT2D eigenvalue weighted by Gasteiger charge is 2.08. The lowest BCUT2D eigenvalue weighted by molar-refractivity contribution is 0.354. The molecule has 1 heterocycles. The smallest absolute Gasteiger partial charge is 0.225 e. The molecular formula is C13H16ClN3O2. The summed E-state index contributed by atoms with van der Waals surface area (Å²) in [5.74, 6) is 2.27. The van der Waals surface area contributed by atoms with Gasteiger partial charge in [0.15, 0.2) is 11.5 Å². The van der Waals surface area contributed by atoms with E-state index in [1.165, 1.54) is 0 Å². The standard InChI is InChI=1S/C13H16ClN3O2/c1-9-15-16-13(14)17(9)7-6-10-4-5-11(18-2)12(8-10)19-3/h4-5,8H,6-7H2,1-3H3. The maximum Gasteiger partial charge on any atom is 0.225 e. The second-order valence-corrected chi connectivity index (χ2v) is 4.45. The molecule has 1 aromatic carbocycles. The average Bonchev–Trinajstić information content (AvgIpc) is 2.75. The highest BCUT2D eigenvalue weighted by atomic mass is 35.5. The van der Waals surface area contributed by atoms with E-state index in [9.17, 15) is 0 Å². The Morgan fingerprint density at radius 2 is 1.89 bits per heavy atom. The van der Waals surface area contributed by atoms with Crippen LogP contribution >= 0.6 is 11.6 Å². The first kappa shape index (κ1) is 13.7. The maximum absolute atomic E-state index is 5.96. The van der Waals surface area contributed by atoms with Gasteiger partial charge in [0.25, 0.3) is 0 Å². The molecule has 2 aromatic rings. The monoisotopic (exact) mass is 281 g/mol. The molecule has 0 unspecified atom stereocenters. The number of nitrogens with zero attached hydrogens (tertiary/aromatic N) is 3. The fraction of sp³-hybridized carbons (Fsp3) is 0.385. The minimum atomic E-state index is 0.415. The van der Waals surface area contributed by atoms with E-state index in [1.54, 1.807) is 14.2 Å². The van der Waals surface area contributed by atoms with E-state index < -0.39 is 0 Å². The molecule has 0 fully saturated rings. The quantitative estimate of drug-likeness (QED) is 0.845. The fourth-order valence-electron chi connectivity index (χ4n) is 1.89. The lowest BCUT2D eigenvalue weighted by Gasteiger charge is -2.10. The molecule has 6 heteroatoms. The van der Waals surface area contributed by atoms with Crippen molar-refractivity contribution < 1.29 is 9.47 Å². The molecule has 0 spiro atoms. The van der Waals surface area contributed by atoms with Crippen LogP contribution in [0.4, 0.5) is 0 Å². The molecule has 2 rings (SSSR count). The maximum atomic E-state index is 5.96. The second kappa shape index (κ2) is 5.93. The molecule has 0 aliphatic rings. The van der Waals surface area contributed by atoms with E-state index in [2.05, 4.69) is 10.2 Å². The van der Waals surface area contributed by atoms with Gasteiger partial charge in [-0.15, -0.1) is 10.2 Å². The van der Waals surface area contributed by atoms with E-state index in [0.717, 1.165) is 35.9 Å². The van der Waals surface area contributed by atoms with Crippen LogP contribution in [0.1, 0.15) is 11.4 Å². The fourth-order valence-corrected chi connectivity index (χ4v) is 2.13. The van der Waals surface area contributed by atoms with Crippen LogP contribution in [-0.4, -0.2) is 29.0 Å². The van der Waals surface area contributed by atoms with Gasteiger partial charge in [0.2, 0.25) is 5.28 Å². The van der Waals surface area contributed by atoms with E-state index >= 15 is 0 Å². The summed E-state index contributed by atoms with van der Waals surface area (Å²) in [6.07, 6.45) is 0.818. The van der Waals surface area contributed by atoms with Crippen LogP contribution < -0.4 is 9.47 Å². The van der Waals surface area contributed by atoms with Crippen LogP contribution in [0.25, 0.3) is 0 Å². The van der Waals surface area contributed by atoms with Gasteiger partial charge in [-0.25, -0.2) is 0 Å². The third-order valence-corrected chi connectivity index (χ3v) is 3.24. The number of benzene rings is 1. The van der Waals surface area contributed by atoms with Crippen LogP contribution in [0.2, 0.25) is 5.28 Å². The molecule has 0 N–H and O–H groups in total. The normalized spacial score (nSPS) is 10.5. The van der Waals surface area contributed by atoms with Crippen molar-refractivity contribution in [2.24, 2.45) is 0 Å². The summed E-state index contributed by atoms with van der Waals surface area (Å²) in [5.41, 5.74) is 1.14. The predicted octanol–water partition coefficient (Wildman–Crippen LogP) is 2.50. The number of aryl methyl sites for hydroxylation is 2. The zero-order valence-corrected chi connectivity index (χ0v) is 11.9. The van der Waals surface area contributed by atoms with E-state index in [0.29, 0.717) is 5.28 Å². The molecule has 0 bridgehead atoms. The first-order valence-electron chi connectivity index (χ1n) is 5.92. The summed E-state index contributed by atoms with van der Waals surface area (Å²) in [4.78, 5) is 0. The van der Waals surface area contributed by atoms with Crippen LogP contribution in [0.3, 0.4) is 0 Å². The van der Waals surface area contributed by atoms with Crippen LogP contribution in [0.5, 0.6) is 11.5 Å². The van der Waals surface area contributed by atoms with Gasteiger partial charge < -0.3 is 14.0 Å². The van der Waals surface area contributed by atoms with Crippen molar-refractivity contribution in [3.63, 3.8) is 0 Å². The Hall–Kier alpha value is -1.75. The third kappa shape index (κ3) is 2.98. The van der Waals surface area contributed by atoms with E-state index in [-0.39, 0.29) is 0 Å². The Morgan fingerprint density at radius 1 is 1.16 bits per heavy atom. The molecule has 19 heavy (non-hydrogen) atoms. The Labute approximate surface area is 117 Å². The molecule has 5 nitrogen and oxygen atoms in total. The van der Waals surface area contributed by atoms with Crippen LogP contribution in [-0.2, 0) is 13.0 Å². The van der Waals surface area contributed by atoms with Gasteiger partial charge in [-0.05, 0) is 42.6 Å². The van der Waals surface area contributed by atoms with Crippen LogP contribution in [0.15, 0.2) is 18.2 Å². The lowest BCUT2D eigenvalue weighted by atomic mass is 10.1. The van der Waals surface area contributed by atoms with E-state index in [1.807, 2.05) is 29.7 Å². The third-order valence-electron chi connectivity index (χ3n) is 2.96. The molecular weight excluding hydrogens is 266 g/mol. The van der Waals surface area contributed by atoms with Crippen LogP contribution in [0, 0.1) is 6.92 Å². The number of rotatable bonds is 5. The summed E-state index contributed by atoms with van der Waals surface area (Å²) in [6.45, 7) is 2.61. The summed E-state index contributed by atoms with van der Waals surface area (Å²) in [6, 6.07) is 5.87. The highest BCUT2D eigenvalue weighted by Crippen LogP contribution is 2.27. The molecule has 0 aliphatic carbocycles. The number of methoxy groups -OCH3 is 2. The number of aromatic nitrogens is 3. The minimum Gasteiger partial charge on any atom is -0.493 e. The van der Waals surface area contributed by atoms with Gasteiger partial charge in [0, 0.05) is 6.54 Å². The molecule has 102 valence electrons. The van der Waals surface area contributed by atoms with Gasteiger partial charge in [0.05, 0.1) is 14.2 Å². The summed E-state index contributed by atoms with van der Waals surface area (Å²) in [5, 5.41) is 8.16. The van der Waals surface area contributed by atoms with Crippen molar-refractivity contribution in [1.29, 1.82) is 0 Å². The number of hydrogen-bond acceptors (Lipinski definition) is 4. The zero-order valence-electron chi connectivity index (χ0n) is 11.2. The van der Waals surface area contributed by atoms with Gasteiger partial charge in [-0.2, -0.15) is 0 Å². The first-order valence-corrected chi connectivity index (χ1v) is 6.29. The minimum absolute atomic E-state index is 0.415. The number of hydrogen-bond donors (Lipinski definition) is 0. The van der Waals surface area contributed by atoms with Gasteiger partial charge in [-0.1, -0.05) is 6.07 Å². The lowest BCUT2D eigenvalue weighted by Crippen LogP contribution is -2.04. The highest BCUT2D eigenvalue weighted by molar-refractivity contribution is 6.28. The van der Waals surface area contributed by atoms with Gasteiger partial charge in [0.1, 0.15) is 5.82 Å². The largest absolute Gasteiger partial charge is 0.493 e. The molecule has 0 atom stereocenters. The second-order valence-electron chi connectivity index (χ2n) is 4.11.